The molecule has 0 heterocycles. The molecule has 5 heteroatoms. The van der Waals surface area contributed by atoms with Crippen molar-refractivity contribution < 1.29 is 14.3 Å². The summed E-state index contributed by atoms with van der Waals surface area (Å²) in [5.74, 6) is 1.36. The second-order valence-corrected chi connectivity index (χ2v) is 6.74. The summed E-state index contributed by atoms with van der Waals surface area (Å²) in [6, 6.07) is 22.3. The first-order valence-electron chi connectivity index (χ1n) is 8.93. The maximum Gasteiger partial charge on any atom is 0.253 e. The van der Waals surface area contributed by atoms with E-state index >= 15 is 0 Å². The van der Waals surface area contributed by atoms with Crippen LogP contribution >= 0.6 is 11.6 Å². The average Bonchev–Trinajstić information content (AvgIpc) is 2.74. The molecule has 0 aliphatic heterocycles. The highest BCUT2D eigenvalue weighted by Crippen LogP contribution is 2.24. The van der Waals surface area contributed by atoms with Gasteiger partial charge in [0.2, 0.25) is 0 Å². The molecule has 0 aliphatic rings. The second kappa shape index (κ2) is 9.29. The summed E-state index contributed by atoms with van der Waals surface area (Å²) in [5.41, 5.74) is 2.52. The molecule has 0 saturated heterocycles. The maximum atomic E-state index is 12.8. The molecule has 0 aromatic heterocycles. The number of carbonyl (C=O) groups is 1. The van der Waals surface area contributed by atoms with Gasteiger partial charge in [-0.15, -0.1) is 0 Å². The van der Waals surface area contributed by atoms with Gasteiger partial charge in [-0.25, -0.2) is 0 Å². The van der Waals surface area contributed by atoms with Crippen LogP contribution < -0.4 is 14.8 Å². The average molecular weight is 396 g/mol. The van der Waals surface area contributed by atoms with E-state index in [9.17, 15) is 4.79 Å². The molecule has 0 saturated carbocycles. The van der Waals surface area contributed by atoms with Crippen LogP contribution in [0.2, 0.25) is 5.02 Å². The van der Waals surface area contributed by atoms with Gasteiger partial charge in [0, 0.05) is 0 Å². The largest absolute Gasteiger partial charge is 0.497 e. The van der Waals surface area contributed by atoms with Crippen molar-refractivity contribution in [3.63, 3.8) is 0 Å². The van der Waals surface area contributed by atoms with Crippen molar-refractivity contribution >= 4 is 17.5 Å². The highest BCUT2D eigenvalue weighted by molar-refractivity contribution is 6.33. The first kappa shape index (κ1) is 19.8. The van der Waals surface area contributed by atoms with Crippen molar-refractivity contribution in [2.24, 2.45) is 0 Å². The molecule has 1 amide bonds. The van der Waals surface area contributed by atoms with Gasteiger partial charge in [0.15, 0.2) is 0 Å². The van der Waals surface area contributed by atoms with Gasteiger partial charge in [-0.2, -0.15) is 0 Å². The van der Waals surface area contributed by atoms with E-state index in [1.165, 1.54) is 0 Å². The van der Waals surface area contributed by atoms with Crippen molar-refractivity contribution in [1.29, 1.82) is 0 Å². The number of rotatable bonds is 7. The molecule has 4 nitrogen and oxygen atoms in total. The lowest BCUT2D eigenvalue weighted by atomic mass is 9.98. The van der Waals surface area contributed by atoms with Crippen LogP contribution in [0.1, 0.15) is 27.5 Å². The summed E-state index contributed by atoms with van der Waals surface area (Å²) < 4.78 is 10.5. The highest BCUT2D eigenvalue weighted by atomic mass is 35.5. The number of nitrogens with one attached hydrogen (secondary N) is 1. The molecule has 0 fully saturated rings. The van der Waals surface area contributed by atoms with E-state index < -0.39 is 0 Å². The van der Waals surface area contributed by atoms with E-state index in [0.717, 1.165) is 22.6 Å². The Kier molecular flexibility index (Phi) is 6.56. The van der Waals surface area contributed by atoms with Crippen LogP contribution in [0.25, 0.3) is 0 Å². The van der Waals surface area contributed by atoms with Crippen LogP contribution in [0.3, 0.4) is 0 Å². The molecule has 3 rings (SSSR count). The van der Waals surface area contributed by atoms with Crippen LogP contribution in [-0.2, 0) is 6.42 Å². The summed E-state index contributed by atoms with van der Waals surface area (Å²) in [6.45, 7) is 0. The molecule has 144 valence electrons. The van der Waals surface area contributed by atoms with Gasteiger partial charge < -0.3 is 14.8 Å². The predicted octanol–water partition coefficient (Wildman–Crippen LogP) is 5.07. The third-order valence-corrected chi connectivity index (χ3v) is 4.87. The monoisotopic (exact) mass is 395 g/mol. The number of ether oxygens (including phenoxy) is 2. The summed E-state index contributed by atoms with van der Waals surface area (Å²) in [7, 11) is 3.27. The fourth-order valence-corrected chi connectivity index (χ4v) is 3.19. The number of benzene rings is 3. The van der Waals surface area contributed by atoms with Crippen molar-refractivity contribution in [2.75, 3.05) is 14.2 Å². The number of hydrogen-bond donors (Lipinski definition) is 1. The number of hydrogen-bond acceptors (Lipinski definition) is 3. The highest BCUT2D eigenvalue weighted by Gasteiger charge is 2.18. The van der Waals surface area contributed by atoms with E-state index in [4.69, 9.17) is 21.1 Å². The summed E-state index contributed by atoms with van der Waals surface area (Å²) >= 11 is 6.19. The third-order valence-electron chi connectivity index (χ3n) is 4.54. The van der Waals surface area contributed by atoms with E-state index in [0.29, 0.717) is 17.0 Å². The number of carbonyl (C=O) groups excluding carboxylic acids is 1. The Bertz CT molecular complexity index is 923. The number of methoxy groups -OCH3 is 2. The smallest absolute Gasteiger partial charge is 0.253 e. The number of amides is 1. The molecular formula is C23H22ClNO3. The number of halogens is 1. The predicted molar refractivity (Wildman–Crippen MR) is 111 cm³/mol. The molecule has 1 atom stereocenters. The maximum absolute atomic E-state index is 12.8. The first-order chi connectivity index (χ1) is 13.6. The van der Waals surface area contributed by atoms with Crippen molar-refractivity contribution in [2.45, 2.75) is 12.5 Å². The Labute approximate surface area is 170 Å². The van der Waals surface area contributed by atoms with Gasteiger partial charge in [-0.3, -0.25) is 4.79 Å². The van der Waals surface area contributed by atoms with Crippen molar-refractivity contribution in [3.05, 3.63) is 94.5 Å². The SMILES string of the molecule is COc1ccc(CC(NC(=O)c2ccccc2Cl)c2ccc(OC)cc2)cc1. The fraction of sp³-hybridized carbons (Fsp3) is 0.174. The summed E-state index contributed by atoms with van der Waals surface area (Å²) in [4.78, 5) is 12.8. The third kappa shape index (κ3) is 4.84. The van der Waals surface area contributed by atoms with Crippen molar-refractivity contribution in [1.82, 2.24) is 5.32 Å². The van der Waals surface area contributed by atoms with E-state index in [1.54, 1.807) is 38.5 Å². The molecular weight excluding hydrogens is 374 g/mol. The minimum atomic E-state index is -0.219. The molecule has 0 spiro atoms. The van der Waals surface area contributed by atoms with Crippen molar-refractivity contribution in [3.8, 4) is 11.5 Å². The minimum Gasteiger partial charge on any atom is -0.497 e. The Morgan fingerprint density at radius 1 is 0.893 bits per heavy atom. The lowest BCUT2D eigenvalue weighted by molar-refractivity contribution is 0.0936. The minimum absolute atomic E-state index is 0.208. The molecule has 0 bridgehead atoms. The quantitative estimate of drug-likeness (QED) is 0.607. The van der Waals surface area contributed by atoms with Gasteiger partial charge in [0.1, 0.15) is 11.5 Å². The van der Waals surface area contributed by atoms with Gasteiger partial charge >= 0.3 is 0 Å². The van der Waals surface area contributed by atoms with Crippen LogP contribution in [-0.4, -0.2) is 20.1 Å². The standard InChI is InChI=1S/C23H22ClNO3/c1-27-18-11-7-16(8-12-18)15-22(17-9-13-19(28-2)14-10-17)25-23(26)20-5-3-4-6-21(20)24/h3-14,22H,15H2,1-2H3,(H,25,26). The van der Waals surface area contributed by atoms with Crippen LogP contribution in [0.15, 0.2) is 72.8 Å². The molecule has 3 aromatic rings. The van der Waals surface area contributed by atoms with Gasteiger partial charge in [0.05, 0.1) is 30.8 Å². The molecule has 28 heavy (non-hydrogen) atoms. The summed E-state index contributed by atoms with van der Waals surface area (Å²) in [6.07, 6.45) is 0.631. The normalized spacial score (nSPS) is 11.5. The zero-order valence-corrected chi connectivity index (χ0v) is 16.6. The second-order valence-electron chi connectivity index (χ2n) is 6.33. The molecule has 0 aliphatic carbocycles. The molecule has 1 N–H and O–H groups in total. The lowest BCUT2D eigenvalue weighted by Crippen LogP contribution is -2.30. The Morgan fingerprint density at radius 3 is 2.04 bits per heavy atom. The van der Waals surface area contributed by atoms with Crippen LogP contribution in [0.5, 0.6) is 11.5 Å². The van der Waals surface area contributed by atoms with Crippen LogP contribution in [0, 0.1) is 0 Å². The fourth-order valence-electron chi connectivity index (χ4n) is 2.97. The first-order valence-corrected chi connectivity index (χ1v) is 9.31. The van der Waals surface area contributed by atoms with E-state index in [1.807, 2.05) is 48.5 Å². The van der Waals surface area contributed by atoms with Gasteiger partial charge in [-0.1, -0.05) is 48.0 Å². The Morgan fingerprint density at radius 2 is 1.46 bits per heavy atom. The molecule has 1 unspecified atom stereocenters. The Hall–Kier alpha value is -2.98. The topological polar surface area (TPSA) is 47.6 Å². The van der Waals surface area contributed by atoms with Crippen LogP contribution in [0.4, 0.5) is 0 Å². The zero-order chi connectivity index (χ0) is 19.9. The van der Waals surface area contributed by atoms with Gasteiger partial charge in [0.25, 0.3) is 5.91 Å². The zero-order valence-electron chi connectivity index (χ0n) is 15.8. The van der Waals surface area contributed by atoms with E-state index in [-0.39, 0.29) is 11.9 Å². The van der Waals surface area contributed by atoms with Gasteiger partial charge in [-0.05, 0) is 53.9 Å². The molecule has 3 aromatic carbocycles. The van der Waals surface area contributed by atoms with E-state index in [2.05, 4.69) is 5.32 Å². The summed E-state index contributed by atoms with van der Waals surface area (Å²) in [5, 5.41) is 3.54. The molecule has 0 radical (unpaired) electrons. The lowest BCUT2D eigenvalue weighted by Gasteiger charge is -2.20. The Balaban J connectivity index is 1.86.